The average molecular weight is 239 g/mol. The number of likely N-dealkylation sites (tertiary alicyclic amines) is 1. The maximum Gasteiger partial charge on any atom is 0.244 e. The van der Waals surface area contributed by atoms with Crippen LogP contribution < -0.4 is 5.32 Å². The summed E-state index contributed by atoms with van der Waals surface area (Å²) in [6.07, 6.45) is 3.19. The molecule has 2 saturated heterocycles. The Labute approximate surface area is 104 Å². The number of rotatable bonds is 3. The molecule has 0 aliphatic carbocycles. The topological polar surface area (TPSA) is 35.6 Å². The second-order valence-corrected chi connectivity index (χ2v) is 5.67. The first kappa shape index (κ1) is 12.8. The maximum atomic E-state index is 12.6. The molecule has 2 heterocycles. The number of hydrogen-bond donors (Lipinski definition) is 1. The molecule has 4 heteroatoms. The van der Waals surface area contributed by atoms with Gasteiger partial charge in [-0.05, 0) is 39.8 Å². The van der Waals surface area contributed by atoms with Crippen molar-refractivity contribution in [1.82, 2.24) is 15.1 Å². The van der Waals surface area contributed by atoms with Crippen molar-refractivity contribution in [2.75, 3.05) is 20.1 Å². The number of nitrogens with zero attached hydrogens (tertiary/aromatic N) is 2. The van der Waals surface area contributed by atoms with Gasteiger partial charge in [-0.2, -0.15) is 0 Å². The summed E-state index contributed by atoms with van der Waals surface area (Å²) in [6.45, 7) is 8.40. The third-order valence-corrected chi connectivity index (χ3v) is 4.38. The van der Waals surface area contributed by atoms with Crippen molar-refractivity contribution < 1.29 is 4.79 Å². The molecule has 0 bridgehead atoms. The SMILES string of the molecule is CCC1NC(C)(CC)C(=O)N1C1CCN(C)C1. The van der Waals surface area contributed by atoms with E-state index in [1.165, 1.54) is 0 Å². The van der Waals surface area contributed by atoms with Crippen LogP contribution in [0.5, 0.6) is 0 Å². The maximum absolute atomic E-state index is 12.6. The van der Waals surface area contributed by atoms with Crippen LogP contribution in [0.15, 0.2) is 0 Å². The number of carbonyl (C=O) groups is 1. The van der Waals surface area contributed by atoms with E-state index in [9.17, 15) is 4.79 Å². The van der Waals surface area contributed by atoms with Gasteiger partial charge in [-0.1, -0.05) is 13.8 Å². The van der Waals surface area contributed by atoms with Crippen LogP contribution in [0, 0.1) is 0 Å². The van der Waals surface area contributed by atoms with Crippen molar-refractivity contribution in [1.29, 1.82) is 0 Å². The summed E-state index contributed by atoms with van der Waals surface area (Å²) in [5.41, 5.74) is -0.345. The molecule has 2 aliphatic rings. The molecule has 3 unspecified atom stereocenters. The molecule has 0 saturated carbocycles. The van der Waals surface area contributed by atoms with Gasteiger partial charge in [0.15, 0.2) is 0 Å². The lowest BCUT2D eigenvalue weighted by atomic mass is 9.99. The third kappa shape index (κ3) is 2.08. The molecule has 0 radical (unpaired) electrons. The zero-order chi connectivity index (χ0) is 12.6. The van der Waals surface area contributed by atoms with Crippen molar-refractivity contribution in [2.45, 2.75) is 57.8 Å². The summed E-state index contributed by atoms with van der Waals surface area (Å²) < 4.78 is 0. The summed E-state index contributed by atoms with van der Waals surface area (Å²) in [6, 6.07) is 0.401. The lowest BCUT2D eigenvalue weighted by molar-refractivity contribution is -0.134. The Hall–Kier alpha value is -0.610. The molecule has 4 nitrogen and oxygen atoms in total. The zero-order valence-corrected chi connectivity index (χ0v) is 11.5. The average Bonchev–Trinajstić information content (AvgIpc) is 2.83. The quantitative estimate of drug-likeness (QED) is 0.799. The number of hydrogen-bond acceptors (Lipinski definition) is 3. The van der Waals surface area contributed by atoms with Crippen LogP contribution >= 0.6 is 0 Å². The van der Waals surface area contributed by atoms with Gasteiger partial charge in [0.1, 0.15) is 0 Å². The first-order valence-electron chi connectivity index (χ1n) is 6.80. The van der Waals surface area contributed by atoms with Crippen molar-refractivity contribution in [3.8, 4) is 0 Å². The highest BCUT2D eigenvalue weighted by atomic mass is 16.2. The van der Waals surface area contributed by atoms with Gasteiger partial charge >= 0.3 is 0 Å². The standard InChI is InChI=1S/C13H25N3O/c1-5-11-14-13(3,6-2)12(17)16(11)10-7-8-15(4)9-10/h10-11,14H,5-9H2,1-4H3. The van der Waals surface area contributed by atoms with Crippen molar-refractivity contribution in [3.05, 3.63) is 0 Å². The van der Waals surface area contributed by atoms with Gasteiger partial charge < -0.3 is 9.80 Å². The molecule has 0 aromatic rings. The lowest BCUT2D eigenvalue weighted by Gasteiger charge is -2.29. The number of amides is 1. The highest BCUT2D eigenvalue weighted by Crippen LogP contribution is 2.29. The smallest absolute Gasteiger partial charge is 0.244 e. The second kappa shape index (κ2) is 4.58. The van der Waals surface area contributed by atoms with E-state index in [2.05, 4.69) is 36.0 Å². The van der Waals surface area contributed by atoms with Crippen molar-refractivity contribution in [3.63, 3.8) is 0 Å². The van der Waals surface area contributed by atoms with Crippen LogP contribution in [0.3, 0.4) is 0 Å². The third-order valence-electron chi connectivity index (χ3n) is 4.38. The predicted octanol–water partition coefficient (Wildman–Crippen LogP) is 1.03. The Morgan fingerprint density at radius 3 is 2.65 bits per heavy atom. The van der Waals surface area contributed by atoms with Gasteiger partial charge in [0.05, 0.1) is 11.7 Å². The van der Waals surface area contributed by atoms with E-state index in [0.717, 1.165) is 32.4 Å². The van der Waals surface area contributed by atoms with Crippen LogP contribution in [0.2, 0.25) is 0 Å². The van der Waals surface area contributed by atoms with Crippen LogP contribution in [-0.4, -0.2) is 53.6 Å². The Kier molecular flexibility index (Phi) is 3.46. The molecule has 0 aromatic carbocycles. The minimum atomic E-state index is -0.345. The number of nitrogens with one attached hydrogen (secondary N) is 1. The van der Waals surface area contributed by atoms with Crippen molar-refractivity contribution >= 4 is 5.91 Å². The summed E-state index contributed by atoms with van der Waals surface area (Å²) in [5, 5.41) is 3.52. The minimum absolute atomic E-state index is 0.226. The molecule has 0 spiro atoms. The molecular weight excluding hydrogens is 214 g/mol. The molecule has 2 aliphatic heterocycles. The first-order valence-corrected chi connectivity index (χ1v) is 6.80. The van der Waals surface area contributed by atoms with Gasteiger partial charge in [0, 0.05) is 12.6 Å². The molecule has 1 amide bonds. The Bertz CT molecular complexity index is 305. The summed E-state index contributed by atoms with van der Waals surface area (Å²) in [7, 11) is 2.13. The van der Waals surface area contributed by atoms with E-state index in [-0.39, 0.29) is 11.7 Å². The van der Waals surface area contributed by atoms with E-state index < -0.39 is 0 Å². The first-order chi connectivity index (χ1) is 8.01. The summed E-state index contributed by atoms with van der Waals surface area (Å²) in [4.78, 5) is 17.0. The minimum Gasteiger partial charge on any atom is -0.321 e. The molecule has 0 aromatic heterocycles. The summed E-state index contributed by atoms with van der Waals surface area (Å²) in [5.74, 6) is 0.298. The molecule has 1 N–H and O–H groups in total. The van der Waals surface area contributed by atoms with E-state index in [4.69, 9.17) is 0 Å². The highest BCUT2D eigenvalue weighted by Gasteiger charge is 2.49. The highest BCUT2D eigenvalue weighted by molar-refractivity contribution is 5.88. The number of likely N-dealkylation sites (N-methyl/N-ethyl adjacent to an activating group) is 1. The van der Waals surface area contributed by atoms with Crippen LogP contribution in [0.4, 0.5) is 0 Å². The zero-order valence-electron chi connectivity index (χ0n) is 11.5. The molecule has 2 fully saturated rings. The molecule has 2 rings (SSSR count). The Morgan fingerprint density at radius 1 is 1.47 bits per heavy atom. The van der Waals surface area contributed by atoms with Crippen molar-refractivity contribution in [2.24, 2.45) is 0 Å². The largest absolute Gasteiger partial charge is 0.321 e. The van der Waals surface area contributed by atoms with Crippen LogP contribution in [0.25, 0.3) is 0 Å². The second-order valence-electron chi connectivity index (χ2n) is 5.67. The summed E-state index contributed by atoms with van der Waals surface area (Å²) >= 11 is 0. The predicted molar refractivity (Wildman–Crippen MR) is 68.7 cm³/mol. The van der Waals surface area contributed by atoms with E-state index in [1.54, 1.807) is 0 Å². The van der Waals surface area contributed by atoms with Crippen LogP contribution in [0.1, 0.15) is 40.0 Å². The monoisotopic (exact) mass is 239 g/mol. The molecule has 17 heavy (non-hydrogen) atoms. The van der Waals surface area contributed by atoms with Gasteiger partial charge in [0.2, 0.25) is 5.91 Å². The number of carbonyl (C=O) groups excluding carboxylic acids is 1. The van der Waals surface area contributed by atoms with Gasteiger partial charge in [-0.15, -0.1) is 0 Å². The van der Waals surface area contributed by atoms with Crippen LogP contribution in [-0.2, 0) is 4.79 Å². The van der Waals surface area contributed by atoms with Gasteiger partial charge in [0.25, 0.3) is 0 Å². The fraction of sp³-hybridized carbons (Fsp3) is 0.923. The normalized spacial score (nSPS) is 39.3. The lowest BCUT2D eigenvalue weighted by Crippen LogP contribution is -2.46. The van der Waals surface area contributed by atoms with Gasteiger partial charge in [-0.25, -0.2) is 0 Å². The Balaban J connectivity index is 2.17. The fourth-order valence-corrected chi connectivity index (χ4v) is 3.04. The van der Waals surface area contributed by atoms with E-state index >= 15 is 0 Å². The fourth-order valence-electron chi connectivity index (χ4n) is 3.04. The van der Waals surface area contributed by atoms with E-state index in [1.807, 2.05) is 6.92 Å². The molecule has 98 valence electrons. The van der Waals surface area contributed by atoms with Gasteiger partial charge in [-0.3, -0.25) is 10.1 Å². The molecule has 3 atom stereocenters. The Morgan fingerprint density at radius 2 is 2.18 bits per heavy atom. The van der Waals surface area contributed by atoms with E-state index in [0.29, 0.717) is 11.9 Å². The molecular formula is C13H25N3O.